The van der Waals surface area contributed by atoms with Crippen molar-refractivity contribution >= 4 is 11.6 Å². The summed E-state index contributed by atoms with van der Waals surface area (Å²) in [6.45, 7) is 3.11. The molecule has 1 fully saturated rings. The molecule has 0 spiro atoms. The van der Waals surface area contributed by atoms with Gasteiger partial charge in [0.25, 0.3) is 0 Å². The molecule has 0 saturated carbocycles. The maximum atomic E-state index is 12.6. The summed E-state index contributed by atoms with van der Waals surface area (Å²) in [6.07, 6.45) is 1.51. The summed E-state index contributed by atoms with van der Waals surface area (Å²) >= 11 is 0. The molecule has 26 heavy (non-hydrogen) atoms. The smallest absolute Gasteiger partial charge is 0.231 e. The molecule has 1 atom stereocenters. The van der Waals surface area contributed by atoms with Crippen molar-refractivity contribution < 1.29 is 14.3 Å². The molecule has 0 aromatic heterocycles. The molecule has 4 rings (SSSR count). The number of ether oxygens (including phenoxy) is 2. The minimum atomic E-state index is 0.141. The molecule has 5 nitrogen and oxygen atoms in total. The minimum absolute atomic E-state index is 0.141. The number of fused-ring (bicyclic) bond motifs is 1. The summed E-state index contributed by atoms with van der Waals surface area (Å²) in [7, 11) is 1.90. The average Bonchev–Trinajstić information content (AvgIpc) is 3.31. The van der Waals surface area contributed by atoms with E-state index < -0.39 is 0 Å². The van der Waals surface area contributed by atoms with Crippen molar-refractivity contribution in [3.8, 4) is 11.5 Å². The van der Waals surface area contributed by atoms with Crippen molar-refractivity contribution in [2.75, 3.05) is 38.4 Å². The first-order valence-corrected chi connectivity index (χ1v) is 9.11. The first-order chi connectivity index (χ1) is 12.7. The van der Waals surface area contributed by atoms with E-state index in [-0.39, 0.29) is 12.7 Å². The van der Waals surface area contributed by atoms with Crippen LogP contribution in [0.1, 0.15) is 12.0 Å². The summed E-state index contributed by atoms with van der Waals surface area (Å²) in [6, 6.07) is 16.2. The van der Waals surface area contributed by atoms with Gasteiger partial charge in [-0.2, -0.15) is 0 Å². The number of hydrogen-bond donors (Lipinski definition) is 0. The van der Waals surface area contributed by atoms with Gasteiger partial charge in [0.1, 0.15) is 0 Å². The van der Waals surface area contributed by atoms with E-state index in [1.165, 1.54) is 5.69 Å². The number of hydrogen-bond acceptors (Lipinski definition) is 4. The molecule has 2 aromatic carbocycles. The number of carbonyl (C=O) groups excluding carboxylic acids is 1. The number of anilines is 1. The second-order valence-corrected chi connectivity index (χ2v) is 7.07. The van der Waals surface area contributed by atoms with E-state index >= 15 is 0 Å². The lowest BCUT2D eigenvalue weighted by Crippen LogP contribution is -2.34. The molecular formula is C21H24N2O3. The zero-order valence-corrected chi connectivity index (χ0v) is 15.1. The van der Waals surface area contributed by atoms with Gasteiger partial charge in [-0.1, -0.05) is 24.3 Å². The standard InChI is InChI=1S/C21H24N2O3/c1-22(13-17-9-10-23(14-17)18-5-3-2-4-6-18)21(24)12-16-7-8-19-20(11-16)26-15-25-19/h2-8,11,17H,9-10,12-15H2,1H3. The highest BCUT2D eigenvalue weighted by Gasteiger charge is 2.25. The Bertz CT molecular complexity index is 778. The summed E-state index contributed by atoms with van der Waals surface area (Å²) in [5.41, 5.74) is 2.23. The van der Waals surface area contributed by atoms with E-state index in [2.05, 4.69) is 29.2 Å². The lowest BCUT2D eigenvalue weighted by atomic mass is 10.1. The number of carbonyl (C=O) groups is 1. The number of para-hydroxylation sites is 1. The van der Waals surface area contributed by atoms with Crippen LogP contribution in [0.3, 0.4) is 0 Å². The summed E-state index contributed by atoms with van der Waals surface area (Å²) in [5, 5.41) is 0. The summed E-state index contributed by atoms with van der Waals surface area (Å²) in [4.78, 5) is 16.9. The first-order valence-electron chi connectivity index (χ1n) is 9.11. The van der Waals surface area contributed by atoms with Crippen molar-refractivity contribution in [2.24, 2.45) is 5.92 Å². The molecule has 0 N–H and O–H groups in total. The van der Waals surface area contributed by atoms with E-state index in [1.54, 1.807) is 0 Å². The van der Waals surface area contributed by atoms with Gasteiger partial charge in [-0.25, -0.2) is 0 Å². The van der Waals surface area contributed by atoms with Crippen LogP contribution in [0.4, 0.5) is 5.69 Å². The fraction of sp³-hybridized carbons (Fsp3) is 0.381. The second-order valence-electron chi connectivity index (χ2n) is 7.07. The molecule has 136 valence electrons. The monoisotopic (exact) mass is 352 g/mol. The fourth-order valence-corrected chi connectivity index (χ4v) is 3.70. The van der Waals surface area contributed by atoms with Crippen molar-refractivity contribution in [3.05, 3.63) is 54.1 Å². The van der Waals surface area contributed by atoms with Crippen LogP contribution >= 0.6 is 0 Å². The molecule has 1 saturated heterocycles. The Morgan fingerprint density at radius 1 is 1.15 bits per heavy atom. The Balaban J connectivity index is 1.30. The van der Waals surface area contributed by atoms with E-state index in [0.717, 1.165) is 43.1 Å². The summed E-state index contributed by atoms with van der Waals surface area (Å²) < 4.78 is 10.7. The Kier molecular flexibility index (Phi) is 4.69. The molecule has 0 bridgehead atoms. The minimum Gasteiger partial charge on any atom is -0.454 e. The van der Waals surface area contributed by atoms with Crippen molar-refractivity contribution in [1.82, 2.24) is 4.90 Å². The van der Waals surface area contributed by atoms with Gasteiger partial charge in [-0.05, 0) is 42.2 Å². The Morgan fingerprint density at radius 3 is 2.81 bits per heavy atom. The van der Waals surface area contributed by atoms with E-state index in [9.17, 15) is 4.79 Å². The molecule has 0 radical (unpaired) electrons. The zero-order chi connectivity index (χ0) is 17.9. The van der Waals surface area contributed by atoms with Gasteiger partial charge in [-0.15, -0.1) is 0 Å². The summed E-state index contributed by atoms with van der Waals surface area (Å²) in [5.74, 6) is 2.14. The van der Waals surface area contributed by atoms with Crippen molar-refractivity contribution in [2.45, 2.75) is 12.8 Å². The lowest BCUT2D eigenvalue weighted by molar-refractivity contribution is -0.129. The predicted octanol–water partition coefficient (Wildman–Crippen LogP) is 2.94. The van der Waals surface area contributed by atoms with E-state index in [1.807, 2.05) is 36.2 Å². The quantitative estimate of drug-likeness (QED) is 0.830. The highest BCUT2D eigenvalue weighted by atomic mass is 16.7. The molecule has 2 aliphatic rings. The van der Waals surface area contributed by atoms with Crippen LogP contribution in [0.15, 0.2) is 48.5 Å². The number of amides is 1. The maximum absolute atomic E-state index is 12.6. The zero-order valence-electron chi connectivity index (χ0n) is 15.1. The fourth-order valence-electron chi connectivity index (χ4n) is 3.70. The molecular weight excluding hydrogens is 328 g/mol. The average molecular weight is 352 g/mol. The third-order valence-corrected chi connectivity index (χ3v) is 5.16. The number of benzene rings is 2. The van der Waals surface area contributed by atoms with Gasteiger partial charge in [0.05, 0.1) is 6.42 Å². The Hall–Kier alpha value is -2.69. The lowest BCUT2D eigenvalue weighted by Gasteiger charge is -2.23. The first kappa shape index (κ1) is 16.8. The molecule has 0 aliphatic carbocycles. The van der Waals surface area contributed by atoms with Crippen LogP contribution in [0.25, 0.3) is 0 Å². The number of nitrogens with zero attached hydrogens (tertiary/aromatic N) is 2. The van der Waals surface area contributed by atoms with E-state index in [0.29, 0.717) is 12.3 Å². The largest absolute Gasteiger partial charge is 0.454 e. The number of likely N-dealkylation sites (N-methyl/N-ethyl adjacent to an activating group) is 1. The van der Waals surface area contributed by atoms with Crippen molar-refractivity contribution in [3.63, 3.8) is 0 Å². The molecule has 1 amide bonds. The van der Waals surface area contributed by atoms with Crippen LogP contribution < -0.4 is 14.4 Å². The molecule has 5 heteroatoms. The van der Waals surface area contributed by atoms with Crippen LogP contribution in [0.5, 0.6) is 11.5 Å². The third kappa shape index (κ3) is 3.62. The van der Waals surface area contributed by atoms with Gasteiger partial charge < -0.3 is 19.3 Å². The highest BCUT2D eigenvalue weighted by Crippen LogP contribution is 2.32. The van der Waals surface area contributed by atoms with Crippen LogP contribution in [0, 0.1) is 5.92 Å². The van der Waals surface area contributed by atoms with Gasteiger partial charge in [0, 0.05) is 32.4 Å². The molecule has 1 unspecified atom stereocenters. The topological polar surface area (TPSA) is 42.0 Å². The van der Waals surface area contributed by atoms with Crippen LogP contribution in [0.2, 0.25) is 0 Å². The highest BCUT2D eigenvalue weighted by molar-refractivity contribution is 5.78. The molecule has 2 aromatic rings. The SMILES string of the molecule is CN(CC1CCN(c2ccccc2)C1)C(=O)Cc1ccc2c(c1)OCO2. The van der Waals surface area contributed by atoms with Gasteiger partial charge >= 0.3 is 0 Å². The Labute approximate surface area is 154 Å². The van der Waals surface area contributed by atoms with Crippen molar-refractivity contribution in [1.29, 1.82) is 0 Å². The molecule has 2 heterocycles. The van der Waals surface area contributed by atoms with Crippen LogP contribution in [-0.2, 0) is 11.2 Å². The molecule has 2 aliphatic heterocycles. The number of rotatable bonds is 5. The van der Waals surface area contributed by atoms with Gasteiger partial charge in [0.15, 0.2) is 11.5 Å². The van der Waals surface area contributed by atoms with Gasteiger partial charge in [-0.3, -0.25) is 4.79 Å². The third-order valence-electron chi connectivity index (χ3n) is 5.16. The Morgan fingerprint density at radius 2 is 1.96 bits per heavy atom. The van der Waals surface area contributed by atoms with Gasteiger partial charge in [0.2, 0.25) is 12.7 Å². The predicted molar refractivity (Wildman–Crippen MR) is 101 cm³/mol. The maximum Gasteiger partial charge on any atom is 0.231 e. The van der Waals surface area contributed by atoms with E-state index in [4.69, 9.17) is 9.47 Å². The van der Waals surface area contributed by atoms with Crippen LogP contribution in [-0.4, -0.2) is 44.3 Å². The second kappa shape index (κ2) is 7.28. The normalized spacial score (nSPS) is 18.2.